The first-order valence-electron chi connectivity index (χ1n) is 13.1. The SMILES string of the molecule is CCN(C1CCCCC1)S(=O)(=O)c1ccc(C(=O)N(Cc2ccco2)c2nc3c(C)ccc(C)c3s2)cc1. The lowest BCUT2D eigenvalue weighted by Crippen LogP contribution is -2.41. The normalized spacial score (nSPS) is 14.8. The maximum absolute atomic E-state index is 13.8. The zero-order valence-corrected chi connectivity index (χ0v) is 23.6. The molecule has 1 aliphatic rings. The van der Waals surface area contributed by atoms with Gasteiger partial charge in [-0.1, -0.05) is 49.7 Å². The van der Waals surface area contributed by atoms with Crippen molar-refractivity contribution in [2.24, 2.45) is 0 Å². The Morgan fingerprint density at radius 1 is 1.03 bits per heavy atom. The molecule has 2 heterocycles. The van der Waals surface area contributed by atoms with Crippen molar-refractivity contribution in [2.75, 3.05) is 11.4 Å². The van der Waals surface area contributed by atoms with Crippen LogP contribution < -0.4 is 4.90 Å². The van der Waals surface area contributed by atoms with Gasteiger partial charge in [-0.05, 0) is 74.2 Å². The lowest BCUT2D eigenvalue weighted by molar-refractivity contribution is 0.0983. The number of sulfonamides is 1. The number of carbonyl (C=O) groups is 1. The van der Waals surface area contributed by atoms with Crippen LogP contribution in [0.2, 0.25) is 0 Å². The number of furan rings is 1. The Labute approximate surface area is 228 Å². The van der Waals surface area contributed by atoms with Gasteiger partial charge in [-0.2, -0.15) is 4.31 Å². The highest BCUT2D eigenvalue weighted by atomic mass is 32.2. The molecule has 1 fully saturated rings. The van der Waals surface area contributed by atoms with Crippen LogP contribution >= 0.6 is 11.3 Å². The topological polar surface area (TPSA) is 83.7 Å². The summed E-state index contributed by atoms with van der Waals surface area (Å²) in [6, 6.07) is 14.0. The molecule has 2 aromatic carbocycles. The molecular formula is C29H33N3O4S2. The molecule has 0 saturated heterocycles. The van der Waals surface area contributed by atoms with E-state index < -0.39 is 10.0 Å². The van der Waals surface area contributed by atoms with E-state index in [1.165, 1.54) is 11.3 Å². The Morgan fingerprint density at radius 2 is 1.74 bits per heavy atom. The van der Waals surface area contributed by atoms with Crippen LogP contribution in [0.25, 0.3) is 10.2 Å². The summed E-state index contributed by atoms with van der Waals surface area (Å²) >= 11 is 1.47. The van der Waals surface area contributed by atoms with Crippen molar-refractivity contribution in [3.8, 4) is 0 Å². The third-order valence-electron chi connectivity index (χ3n) is 7.30. The van der Waals surface area contributed by atoms with E-state index in [-0.39, 0.29) is 23.4 Å². The molecule has 0 bridgehead atoms. The van der Waals surface area contributed by atoms with Crippen molar-refractivity contribution >= 4 is 42.6 Å². The number of aryl methyl sites for hydroxylation is 2. The zero-order valence-electron chi connectivity index (χ0n) is 22.0. The van der Waals surface area contributed by atoms with Crippen LogP contribution in [-0.4, -0.2) is 36.2 Å². The van der Waals surface area contributed by atoms with Gasteiger partial charge in [0.15, 0.2) is 5.13 Å². The molecule has 2 aromatic heterocycles. The summed E-state index contributed by atoms with van der Waals surface area (Å²) in [4.78, 5) is 20.4. The van der Waals surface area contributed by atoms with Crippen LogP contribution in [0.4, 0.5) is 5.13 Å². The van der Waals surface area contributed by atoms with E-state index in [1.54, 1.807) is 45.8 Å². The van der Waals surface area contributed by atoms with Crippen molar-refractivity contribution in [3.05, 3.63) is 77.2 Å². The van der Waals surface area contributed by atoms with Gasteiger partial charge in [-0.15, -0.1) is 0 Å². The smallest absolute Gasteiger partial charge is 0.260 e. The maximum Gasteiger partial charge on any atom is 0.260 e. The Kier molecular flexibility index (Phi) is 7.70. The molecule has 38 heavy (non-hydrogen) atoms. The number of carbonyl (C=O) groups excluding carboxylic acids is 1. The highest BCUT2D eigenvalue weighted by molar-refractivity contribution is 7.89. The summed E-state index contributed by atoms with van der Waals surface area (Å²) < 4.78 is 35.2. The Morgan fingerprint density at radius 3 is 2.37 bits per heavy atom. The molecule has 1 aliphatic carbocycles. The Bertz CT molecular complexity index is 1480. The summed E-state index contributed by atoms with van der Waals surface area (Å²) in [5, 5.41) is 0.574. The third kappa shape index (κ3) is 5.15. The number of aromatic nitrogens is 1. The fourth-order valence-electron chi connectivity index (χ4n) is 5.20. The minimum Gasteiger partial charge on any atom is -0.467 e. The summed E-state index contributed by atoms with van der Waals surface area (Å²) in [5.74, 6) is 0.371. The summed E-state index contributed by atoms with van der Waals surface area (Å²) in [6.45, 7) is 6.58. The van der Waals surface area contributed by atoms with Crippen molar-refractivity contribution in [3.63, 3.8) is 0 Å². The lowest BCUT2D eigenvalue weighted by atomic mass is 9.95. The molecule has 200 valence electrons. The predicted molar refractivity (Wildman–Crippen MR) is 151 cm³/mol. The average molecular weight is 552 g/mol. The summed E-state index contributed by atoms with van der Waals surface area (Å²) in [6.07, 6.45) is 6.64. The third-order valence-corrected chi connectivity index (χ3v) is 10.6. The number of hydrogen-bond donors (Lipinski definition) is 0. The molecule has 0 atom stereocenters. The van der Waals surface area contributed by atoms with E-state index in [0.29, 0.717) is 23.0 Å². The minimum absolute atomic E-state index is 0.0368. The van der Waals surface area contributed by atoms with Crippen molar-refractivity contribution in [2.45, 2.75) is 70.4 Å². The number of hydrogen-bond acceptors (Lipinski definition) is 6. The highest BCUT2D eigenvalue weighted by Crippen LogP contribution is 2.35. The van der Waals surface area contributed by atoms with Crippen molar-refractivity contribution < 1.29 is 17.6 Å². The molecule has 0 aliphatic heterocycles. The van der Waals surface area contributed by atoms with E-state index in [2.05, 4.69) is 6.07 Å². The molecule has 1 saturated carbocycles. The largest absolute Gasteiger partial charge is 0.467 e. The molecule has 9 heteroatoms. The Hall–Kier alpha value is -3.01. The van der Waals surface area contributed by atoms with Crippen LogP contribution in [-0.2, 0) is 16.6 Å². The second kappa shape index (κ2) is 11.0. The molecule has 5 rings (SSSR count). The van der Waals surface area contributed by atoms with Crippen LogP contribution in [0, 0.1) is 13.8 Å². The fourth-order valence-corrected chi connectivity index (χ4v) is 8.01. The second-order valence-electron chi connectivity index (χ2n) is 9.87. The fraction of sp³-hybridized carbons (Fsp3) is 0.379. The summed E-state index contributed by atoms with van der Waals surface area (Å²) in [5.41, 5.74) is 3.43. The number of nitrogens with zero attached hydrogens (tertiary/aromatic N) is 3. The molecule has 7 nitrogen and oxygen atoms in total. The van der Waals surface area contributed by atoms with E-state index in [9.17, 15) is 13.2 Å². The monoisotopic (exact) mass is 551 g/mol. The first kappa shape index (κ1) is 26.6. The van der Waals surface area contributed by atoms with Gasteiger partial charge in [-0.25, -0.2) is 13.4 Å². The van der Waals surface area contributed by atoms with Crippen LogP contribution in [0.1, 0.15) is 66.3 Å². The van der Waals surface area contributed by atoms with E-state index in [1.807, 2.05) is 32.9 Å². The molecule has 0 radical (unpaired) electrons. The van der Waals surface area contributed by atoms with Crippen LogP contribution in [0.3, 0.4) is 0 Å². The highest BCUT2D eigenvalue weighted by Gasteiger charge is 2.31. The van der Waals surface area contributed by atoms with Crippen LogP contribution in [0.15, 0.2) is 64.1 Å². The van der Waals surface area contributed by atoms with Crippen molar-refractivity contribution in [1.82, 2.24) is 9.29 Å². The number of rotatable bonds is 8. The van der Waals surface area contributed by atoms with Crippen LogP contribution in [0.5, 0.6) is 0 Å². The molecule has 0 N–H and O–H groups in total. The first-order chi connectivity index (χ1) is 18.3. The lowest BCUT2D eigenvalue weighted by Gasteiger charge is -2.32. The van der Waals surface area contributed by atoms with Gasteiger partial charge in [0.2, 0.25) is 10.0 Å². The second-order valence-corrected chi connectivity index (χ2v) is 12.7. The molecule has 0 unspecified atom stereocenters. The van der Waals surface area contributed by atoms with Gasteiger partial charge in [0.1, 0.15) is 5.76 Å². The van der Waals surface area contributed by atoms with E-state index in [4.69, 9.17) is 9.40 Å². The average Bonchev–Trinajstić information content (AvgIpc) is 3.61. The quantitative estimate of drug-likeness (QED) is 0.243. The van der Waals surface area contributed by atoms with Gasteiger partial charge < -0.3 is 4.42 Å². The summed E-state index contributed by atoms with van der Waals surface area (Å²) in [7, 11) is -3.65. The number of fused-ring (bicyclic) bond motifs is 1. The molecule has 1 amide bonds. The number of amides is 1. The van der Waals surface area contributed by atoms with Gasteiger partial charge in [0, 0.05) is 18.2 Å². The van der Waals surface area contributed by atoms with Gasteiger partial charge in [0.05, 0.1) is 27.9 Å². The van der Waals surface area contributed by atoms with Gasteiger partial charge >= 0.3 is 0 Å². The zero-order chi connectivity index (χ0) is 26.9. The van der Waals surface area contributed by atoms with Gasteiger partial charge in [-0.3, -0.25) is 9.69 Å². The molecular weight excluding hydrogens is 518 g/mol. The molecule has 0 spiro atoms. The van der Waals surface area contributed by atoms with Gasteiger partial charge in [0.25, 0.3) is 5.91 Å². The van der Waals surface area contributed by atoms with E-state index >= 15 is 0 Å². The number of benzene rings is 2. The Balaban J connectivity index is 1.46. The van der Waals surface area contributed by atoms with Crippen molar-refractivity contribution in [1.29, 1.82) is 0 Å². The van der Waals surface area contributed by atoms with E-state index in [0.717, 1.165) is 53.4 Å². The predicted octanol–water partition coefficient (Wildman–Crippen LogP) is 6.70. The first-order valence-corrected chi connectivity index (χ1v) is 15.4. The standard InChI is InChI=1S/C29H33N3O4S2/c1-4-32(23-9-6-5-7-10-23)38(34,35)25-16-14-22(15-17-25)28(33)31(19-24-11-8-18-36-24)29-30-26-20(2)12-13-21(3)27(26)37-29/h8,11-18,23H,4-7,9-10,19H2,1-3H3. The maximum atomic E-state index is 13.8. The number of thiazole rings is 1. The minimum atomic E-state index is -3.65. The molecule has 4 aromatic rings. The number of anilines is 1.